The van der Waals surface area contributed by atoms with Crippen LogP contribution in [0.2, 0.25) is 0 Å². The molecule has 1 heterocycles. The molecule has 1 atom stereocenters. The predicted octanol–water partition coefficient (Wildman–Crippen LogP) is 2.58. The SMILES string of the molecule is CC1=NN(C)C(c2ccccc2F)C1. The number of hydrogen-bond acceptors (Lipinski definition) is 2. The summed E-state index contributed by atoms with van der Waals surface area (Å²) in [5.41, 5.74) is 1.79. The zero-order chi connectivity index (χ0) is 10.1. The van der Waals surface area contributed by atoms with Crippen LogP contribution in [0.15, 0.2) is 29.4 Å². The van der Waals surface area contributed by atoms with Crippen LogP contribution in [0.5, 0.6) is 0 Å². The number of hydrogen-bond donors (Lipinski definition) is 0. The molecule has 0 N–H and O–H groups in total. The van der Waals surface area contributed by atoms with E-state index in [9.17, 15) is 4.39 Å². The summed E-state index contributed by atoms with van der Waals surface area (Å²) in [6, 6.07) is 6.96. The van der Waals surface area contributed by atoms with Gasteiger partial charge in [-0.2, -0.15) is 5.10 Å². The molecule has 1 unspecified atom stereocenters. The van der Waals surface area contributed by atoms with Gasteiger partial charge in [-0.3, -0.25) is 5.01 Å². The molecule has 1 aromatic rings. The summed E-state index contributed by atoms with van der Waals surface area (Å²) in [4.78, 5) is 0. The normalized spacial score (nSPS) is 21.2. The first kappa shape index (κ1) is 9.19. The van der Waals surface area contributed by atoms with Gasteiger partial charge >= 0.3 is 0 Å². The molecule has 1 aromatic carbocycles. The lowest BCUT2D eigenvalue weighted by atomic mass is 10.0. The Morgan fingerprint density at radius 1 is 1.43 bits per heavy atom. The van der Waals surface area contributed by atoms with Gasteiger partial charge in [0.25, 0.3) is 0 Å². The fourth-order valence-corrected chi connectivity index (χ4v) is 1.85. The minimum Gasteiger partial charge on any atom is -0.292 e. The average Bonchev–Trinajstić information content (AvgIpc) is 2.46. The molecule has 0 spiro atoms. The van der Waals surface area contributed by atoms with Crippen molar-refractivity contribution in [1.82, 2.24) is 5.01 Å². The Bertz CT molecular complexity index is 373. The molecule has 14 heavy (non-hydrogen) atoms. The number of halogens is 1. The van der Waals surface area contributed by atoms with Crippen molar-refractivity contribution in [2.45, 2.75) is 19.4 Å². The van der Waals surface area contributed by atoms with E-state index in [0.717, 1.165) is 17.7 Å². The molecular formula is C11H13FN2. The van der Waals surface area contributed by atoms with Crippen LogP contribution in [0, 0.1) is 5.82 Å². The summed E-state index contributed by atoms with van der Waals surface area (Å²) in [6.07, 6.45) is 0.817. The van der Waals surface area contributed by atoms with E-state index in [0.29, 0.717) is 0 Å². The molecule has 3 heteroatoms. The van der Waals surface area contributed by atoms with Crippen LogP contribution in [0.25, 0.3) is 0 Å². The van der Waals surface area contributed by atoms with E-state index in [2.05, 4.69) is 5.10 Å². The molecule has 0 radical (unpaired) electrons. The summed E-state index contributed by atoms with van der Waals surface area (Å²) >= 11 is 0. The Hall–Kier alpha value is -1.38. The van der Waals surface area contributed by atoms with Gasteiger partial charge in [0.1, 0.15) is 5.82 Å². The first-order valence-corrected chi connectivity index (χ1v) is 4.70. The molecule has 1 aliphatic heterocycles. The second-order valence-corrected chi connectivity index (χ2v) is 3.65. The first-order valence-electron chi connectivity index (χ1n) is 4.70. The Balaban J connectivity index is 2.30. The highest BCUT2D eigenvalue weighted by molar-refractivity contribution is 5.83. The largest absolute Gasteiger partial charge is 0.292 e. The van der Waals surface area contributed by atoms with Crippen LogP contribution < -0.4 is 0 Å². The van der Waals surface area contributed by atoms with Gasteiger partial charge in [0.15, 0.2) is 0 Å². The van der Waals surface area contributed by atoms with Gasteiger partial charge in [-0.1, -0.05) is 18.2 Å². The maximum Gasteiger partial charge on any atom is 0.128 e. The van der Waals surface area contributed by atoms with E-state index in [1.54, 1.807) is 6.07 Å². The first-order chi connectivity index (χ1) is 6.68. The van der Waals surface area contributed by atoms with Crippen LogP contribution >= 0.6 is 0 Å². The van der Waals surface area contributed by atoms with Gasteiger partial charge in [0, 0.05) is 24.7 Å². The minimum atomic E-state index is -0.144. The van der Waals surface area contributed by atoms with Gasteiger partial charge < -0.3 is 0 Å². The van der Waals surface area contributed by atoms with Crippen LogP contribution in [0.4, 0.5) is 4.39 Å². The number of benzene rings is 1. The summed E-state index contributed by atoms with van der Waals surface area (Å²) in [5, 5.41) is 6.10. The number of hydrazone groups is 1. The van der Waals surface area contributed by atoms with E-state index >= 15 is 0 Å². The monoisotopic (exact) mass is 192 g/mol. The molecular weight excluding hydrogens is 179 g/mol. The van der Waals surface area contributed by atoms with Crippen molar-refractivity contribution in [2.75, 3.05) is 7.05 Å². The van der Waals surface area contributed by atoms with E-state index in [4.69, 9.17) is 0 Å². The van der Waals surface area contributed by atoms with Crippen molar-refractivity contribution in [3.63, 3.8) is 0 Å². The van der Waals surface area contributed by atoms with Crippen molar-refractivity contribution in [1.29, 1.82) is 0 Å². The second-order valence-electron chi connectivity index (χ2n) is 3.65. The van der Waals surface area contributed by atoms with Gasteiger partial charge in [0.2, 0.25) is 0 Å². The van der Waals surface area contributed by atoms with Crippen molar-refractivity contribution >= 4 is 5.71 Å². The summed E-state index contributed by atoms with van der Waals surface area (Å²) in [6.45, 7) is 1.97. The van der Waals surface area contributed by atoms with Crippen LogP contribution in [0.1, 0.15) is 24.9 Å². The minimum absolute atomic E-state index is 0.0659. The molecule has 2 rings (SSSR count). The Morgan fingerprint density at radius 2 is 2.14 bits per heavy atom. The van der Waals surface area contributed by atoms with Crippen molar-refractivity contribution in [2.24, 2.45) is 5.10 Å². The lowest BCUT2D eigenvalue weighted by Gasteiger charge is -2.19. The molecule has 0 fully saturated rings. The summed E-state index contributed by atoms with van der Waals surface area (Å²) < 4.78 is 13.5. The third-order valence-electron chi connectivity index (χ3n) is 2.53. The van der Waals surface area contributed by atoms with Crippen LogP contribution in [0.3, 0.4) is 0 Å². The molecule has 0 saturated carbocycles. The van der Waals surface area contributed by atoms with Gasteiger partial charge in [-0.15, -0.1) is 0 Å². The molecule has 1 aliphatic rings. The lowest BCUT2D eigenvalue weighted by Crippen LogP contribution is -2.15. The quantitative estimate of drug-likeness (QED) is 0.667. The predicted molar refractivity (Wildman–Crippen MR) is 54.6 cm³/mol. The molecule has 0 aromatic heterocycles. The fraction of sp³-hybridized carbons (Fsp3) is 0.364. The highest BCUT2D eigenvalue weighted by atomic mass is 19.1. The van der Waals surface area contributed by atoms with E-state index < -0.39 is 0 Å². The maximum atomic E-state index is 13.5. The molecule has 74 valence electrons. The zero-order valence-corrected chi connectivity index (χ0v) is 8.37. The smallest absolute Gasteiger partial charge is 0.128 e. The van der Waals surface area contributed by atoms with Gasteiger partial charge in [-0.25, -0.2) is 4.39 Å². The third-order valence-corrected chi connectivity index (χ3v) is 2.53. The molecule has 0 amide bonds. The van der Waals surface area contributed by atoms with Crippen LogP contribution in [-0.2, 0) is 0 Å². The molecule has 0 aliphatic carbocycles. The van der Waals surface area contributed by atoms with Gasteiger partial charge in [-0.05, 0) is 13.0 Å². The van der Waals surface area contributed by atoms with Crippen LogP contribution in [-0.4, -0.2) is 17.8 Å². The Kier molecular flexibility index (Phi) is 2.23. The number of rotatable bonds is 1. The maximum absolute atomic E-state index is 13.5. The standard InChI is InChI=1S/C11H13FN2/c1-8-7-11(14(2)13-8)9-5-3-4-6-10(9)12/h3-6,11H,7H2,1-2H3. The summed E-state index contributed by atoms with van der Waals surface area (Å²) in [5.74, 6) is -0.144. The van der Waals surface area contributed by atoms with Crippen molar-refractivity contribution < 1.29 is 4.39 Å². The van der Waals surface area contributed by atoms with Crippen molar-refractivity contribution in [3.05, 3.63) is 35.6 Å². The number of nitrogens with zero attached hydrogens (tertiary/aromatic N) is 2. The highest BCUT2D eigenvalue weighted by Crippen LogP contribution is 2.30. The van der Waals surface area contributed by atoms with E-state index in [-0.39, 0.29) is 11.9 Å². The fourth-order valence-electron chi connectivity index (χ4n) is 1.85. The third kappa shape index (κ3) is 1.50. The van der Waals surface area contributed by atoms with E-state index in [1.807, 2.05) is 31.1 Å². The molecule has 0 saturated heterocycles. The lowest BCUT2D eigenvalue weighted by molar-refractivity contribution is 0.283. The van der Waals surface area contributed by atoms with Gasteiger partial charge in [0.05, 0.1) is 6.04 Å². The Labute approximate surface area is 83.0 Å². The van der Waals surface area contributed by atoms with E-state index in [1.165, 1.54) is 6.07 Å². The highest BCUT2D eigenvalue weighted by Gasteiger charge is 2.24. The topological polar surface area (TPSA) is 15.6 Å². The average molecular weight is 192 g/mol. The molecule has 0 bridgehead atoms. The Morgan fingerprint density at radius 3 is 2.71 bits per heavy atom. The molecule has 2 nitrogen and oxygen atoms in total. The summed E-state index contributed by atoms with van der Waals surface area (Å²) in [7, 11) is 1.88. The zero-order valence-electron chi connectivity index (χ0n) is 8.37. The second kappa shape index (κ2) is 3.40. The van der Waals surface area contributed by atoms with Crippen molar-refractivity contribution in [3.8, 4) is 0 Å².